The second-order valence-electron chi connectivity index (χ2n) is 4.21. The average molecular weight is 274 g/mol. The maximum Gasteiger partial charge on any atom is 0.215 e. The number of nitrogens with one attached hydrogen (secondary N) is 2. The topological polar surface area (TPSA) is 76.0 Å². The van der Waals surface area contributed by atoms with Gasteiger partial charge < -0.3 is 9.88 Å². The van der Waals surface area contributed by atoms with E-state index in [9.17, 15) is 8.42 Å². The summed E-state index contributed by atoms with van der Waals surface area (Å²) in [6.07, 6.45) is 6.05. The molecule has 0 fully saturated rings. The number of imidazole rings is 1. The normalized spacial score (nSPS) is 13.7. The summed E-state index contributed by atoms with van der Waals surface area (Å²) in [5.74, 6) is 0. The maximum absolute atomic E-state index is 11.8. The van der Waals surface area contributed by atoms with Crippen molar-refractivity contribution in [3.63, 3.8) is 0 Å². The summed E-state index contributed by atoms with van der Waals surface area (Å²) in [5, 5.41) is 2.62. The zero-order valence-corrected chi connectivity index (χ0v) is 11.8. The minimum Gasteiger partial charge on any atom is -0.337 e. The Balaban J connectivity index is 2.24. The van der Waals surface area contributed by atoms with Gasteiger partial charge in [0.1, 0.15) is 0 Å². The highest BCUT2D eigenvalue weighted by molar-refractivity contribution is 7.90. The number of rotatable bonds is 9. The molecule has 6 nitrogen and oxygen atoms in total. The van der Waals surface area contributed by atoms with Crippen molar-refractivity contribution in [3.05, 3.63) is 18.7 Å². The molecule has 1 aromatic heterocycles. The van der Waals surface area contributed by atoms with Gasteiger partial charge in [-0.15, -0.1) is 0 Å². The summed E-state index contributed by atoms with van der Waals surface area (Å²) in [4.78, 5) is 3.93. The van der Waals surface area contributed by atoms with Gasteiger partial charge in [0.25, 0.3) is 0 Å². The molecule has 0 aliphatic heterocycles. The highest BCUT2D eigenvalue weighted by atomic mass is 32.2. The van der Waals surface area contributed by atoms with E-state index in [1.807, 2.05) is 17.7 Å². The van der Waals surface area contributed by atoms with Crippen molar-refractivity contribution < 1.29 is 8.42 Å². The van der Waals surface area contributed by atoms with Crippen LogP contribution in [-0.2, 0) is 16.6 Å². The van der Waals surface area contributed by atoms with Gasteiger partial charge in [0.2, 0.25) is 10.0 Å². The van der Waals surface area contributed by atoms with E-state index in [0.29, 0.717) is 13.1 Å². The van der Waals surface area contributed by atoms with Gasteiger partial charge >= 0.3 is 0 Å². The van der Waals surface area contributed by atoms with Crippen molar-refractivity contribution in [1.29, 1.82) is 0 Å². The lowest BCUT2D eigenvalue weighted by atomic mass is 10.4. The lowest BCUT2D eigenvalue weighted by Crippen LogP contribution is -2.39. The number of aryl methyl sites for hydroxylation is 1. The van der Waals surface area contributed by atoms with Crippen LogP contribution in [0.25, 0.3) is 0 Å². The summed E-state index contributed by atoms with van der Waals surface area (Å²) in [5.41, 5.74) is 0. The molecular formula is C11H22N4O2S. The van der Waals surface area contributed by atoms with Crippen LogP contribution in [0.4, 0.5) is 0 Å². The minimum atomic E-state index is -3.21. The Morgan fingerprint density at radius 1 is 1.44 bits per heavy atom. The Kier molecular flexibility index (Phi) is 6.31. The van der Waals surface area contributed by atoms with Crippen molar-refractivity contribution >= 4 is 10.0 Å². The molecule has 1 aromatic rings. The molecule has 2 N–H and O–H groups in total. The molecule has 0 aromatic carbocycles. The maximum atomic E-state index is 11.8. The average Bonchev–Trinajstić information content (AvgIpc) is 2.84. The minimum absolute atomic E-state index is 0.411. The zero-order chi connectivity index (χ0) is 13.4. The first kappa shape index (κ1) is 15.1. The second kappa shape index (κ2) is 7.50. The second-order valence-corrected chi connectivity index (χ2v) is 6.40. The Hall–Kier alpha value is -0.920. The van der Waals surface area contributed by atoms with E-state index in [4.69, 9.17) is 0 Å². The predicted molar refractivity (Wildman–Crippen MR) is 71.8 cm³/mol. The molecule has 0 amide bonds. The van der Waals surface area contributed by atoms with Crippen LogP contribution in [0.2, 0.25) is 0 Å². The number of sulfonamides is 1. The molecule has 0 saturated carbocycles. The van der Waals surface area contributed by atoms with E-state index in [1.54, 1.807) is 19.4 Å². The smallest absolute Gasteiger partial charge is 0.215 e. The van der Waals surface area contributed by atoms with Gasteiger partial charge in [-0.1, -0.05) is 6.92 Å². The summed E-state index contributed by atoms with van der Waals surface area (Å²) < 4.78 is 28.2. The van der Waals surface area contributed by atoms with Crippen LogP contribution in [0.1, 0.15) is 20.3 Å². The van der Waals surface area contributed by atoms with Gasteiger partial charge in [-0.05, 0) is 19.9 Å². The Bertz CT molecular complexity index is 416. The molecule has 1 heterocycles. The molecule has 104 valence electrons. The Morgan fingerprint density at radius 2 is 2.22 bits per heavy atom. The summed E-state index contributed by atoms with van der Waals surface area (Å²) in [7, 11) is -3.21. The van der Waals surface area contributed by atoms with Gasteiger partial charge in [0.15, 0.2) is 0 Å². The molecule has 7 heteroatoms. The first-order chi connectivity index (χ1) is 8.56. The van der Waals surface area contributed by atoms with Crippen LogP contribution in [0.5, 0.6) is 0 Å². The van der Waals surface area contributed by atoms with Gasteiger partial charge in [0, 0.05) is 32.0 Å². The van der Waals surface area contributed by atoms with Crippen molar-refractivity contribution in [3.8, 4) is 0 Å². The number of hydrogen-bond donors (Lipinski definition) is 2. The van der Waals surface area contributed by atoms with Crippen LogP contribution in [-0.4, -0.2) is 42.9 Å². The van der Waals surface area contributed by atoms with Crippen LogP contribution in [0.15, 0.2) is 18.7 Å². The van der Waals surface area contributed by atoms with E-state index in [1.165, 1.54) is 0 Å². The third-order valence-corrected chi connectivity index (χ3v) is 4.50. The summed E-state index contributed by atoms with van der Waals surface area (Å²) in [6.45, 7) is 6.15. The first-order valence-electron chi connectivity index (χ1n) is 6.21. The largest absolute Gasteiger partial charge is 0.337 e. The Labute approximate surface area is 109 Å². The van der Waals surface area contributed by atoms with Crippen molar-refractivity contribution in [2.75, 3.05) is 19.6 Å². The number of nitrogens with zero attached hydrogens (tertiary/aromatic N) is 2. The molecule has 0 aliphatic carbocycles. The SMILES string of the molecule is CCNCC(C)S(=O)(=O)NCCCn1ccnc1. The summed E-state index contributed by atoms with van der Waals surface area (Å²) >= 11 is 0. The van der Waals surface area contributed by atoms with Crippen molar-refractivity contribution in [2.45, 2.75) is 32.1 Å². The highest BCUT2D eigenvalue weighted by Crippen LogP contribution is 1.97. The standard InChI is InChI=1S/C11H22N4O2S/c1-3-12-9-11(2)18(16,17)14-5-4-7-15-8-6-13-10-15/h6,8,10-12,14H,3-5,7,9H2,1-2H3. The van der Waals surface area contributed by atoms with Gasteiger partial charge in [-0.3, -0.25) is 0 Å². The van der Waals surface area contributed by atoms with E-state index < -0.39 is 15.3 Å². The number of aromatic nitrogens is 2. The molecule has 0 aliphatic rings. The molecule has 18 heavy (non-hydrogen) atoms. The number of hydrogen-bond acceptors (Lipinski definition) is 4. The van der Waals surface area contributed by atoms with E-state index >= 15 is 0 Å². The third kappa shape index (κ3) is 5.16. The molecular weight excluding hydrogens is 252 g/mol. The third-order valence-electron chi connectivity index (χ3n) is 2.67. The fourth-order valence-corrected chi connectivity index (χ4v) is 2.55. The van der Waals surface area contributed by atoms with Crippen LogP contribution >= 0.6 is 0 Å². The predicted octanol–water partition coefficient (Wildman–Crippen LogP) is 0.191. The molecule has 0 saturated heterocycles. The lowest BCUT2D eigenvalue weighted by molar-refractivity contribution is 0.551. The van der Waals surface area contributed by atoms with Crippen molar-refractivity contribution in [1.82, 2.24) is 19.6 Å². The van der Waals surface area contributed by atoms with Crippen molar-refractivity contribution in [2.24, 2.45) is 0 Å². The lowest BCUT2D eigenvalue weighted by Gasteiger charge is -2.14. The fourth-order valence-electron chi connectivity index (χ4n) is 1.49. The first-order valence-corrected chi connectivity index (χ1v) is 7.76. The zero-order valence-electron chi connectivity index (χ0n) is 11.0. The van der Waals surface area contributed by atoms with Gasteiger partial charge in [0.05, 0.1) is 11.6 Å². The van der Waals surface area contributed by atoms with Crippen LogP contribution in [0.3, 0.4) is 0 Å². The van der Waals surface area contributed by atoms with E-state index in [0.717, 1.165) is 19.5 Å². The van der Waals surface area contributed by atoms with Crippen LogP contribution in [0, 0.1) is 0 Å². The van der Waals surface area contributed by atoms with Crippen LogP contribution < -0.4 is 10.0 Å². The molecule has 0 radical (unpaired) electrons. The Morgan fingerprint density at radius 3 is 2.83 bits per heavy atom. The summed E-state index contributed by atoms with van der Waals surface area (Å²) in [6, 6.07) is 0. The molecule has 0 bridgehead atoms. The molecule has 1 atom stereocenters. The fraction of sp³-hybridized carbons (Fsp3) is 0.727. The molecule has 0 spiro atoms. The quantitative estimate of drug-likeness (QED) is 0.630. The molecule has 1 unspecified atom stereocenters. The van der Waals surface area contributed by atoms with Gasteiger partial charge in [-0.2, -0.15) is 0 Å². The van der Waals surface area contributed by atoms with Gasteiger partial charge in [-0.25, -0.2) is 18.1 Å². The monoisotopic (exact) mass is 274 g/mol. The molecule has 1 rings (SSSR count). The van der Waals surface area contributed by atoms with E-state index in [-0.39, 0.29) is 0 Å². The van der Waals surface area contributed by atoms with E-state index in [2.05, 4.69) is 15.0 Å². The highest BCUT2D eigenvalue weighted by Gasteiger charge is 2.18.